The fraction of sp³-hybridized carbons (Fsp3) is 0.316. The molecule has 1 amide bonds. The summed E-state index contributed by atoms with van der Waals surface area (Å²) in [6.07, 6.45) is 1.80. The Bertz CT molecular complexity index is 877. The van der Waals surface area contributed by atoms with Crippen LogP contribution in [0.5, 0.6) is 0 Å². The van der Waals surface area contributed by atoms with Crippen LogP contribution in [0.4, 0.5) is 0 Å². The summed E-state index contributed by atoms with van der Waals surface area (Å²) in [7, 11) is 0. The largest absolute Gasteiger partial charge is 0.355 e. The molecule has 6 nitrogen and oxygen atoms in total. The Hall–Kier alpha value is -2.89. The molecule has 0 aliphatic carbocycles. The van der Waals surface area contributed by atoms with Gasteiger partial charge in [-0.25, -0.2) is 0 Å². The van der Waals surface area contributed by atoms with Crippen LogP contribution in [0.2, 0.25) is 0 Å². The van der Waals surface area contributed by atoms with Crippen molar-refractivity contribution in [2.24, 2.45) is 0 Å². The number of rotatable bonds is 5. The number of carbonyl (C=O) groups is 1. The highest BCUT2D eigenvalue weighted by Crippen LogP contribution is 2.22. The highest BCUT2D eigenvalue weighted by atomic mass is 16.5. The number of nitrogens with one attached hydrogen (secondary N) is 1. The van der Waals surface area contributed by atoms with Gasteiger partial charge in [-0.2, -0.15) is 5.10 Å². The maximum Gasteiger partial charge on any atom is 0.273 e. The SMILES string of the molecule is CCn1ncc([C@H](C)NC(=O)c2cc(-c3ccc(C)cc3)on2)c1C. The molecule has 2 aromatic heterocycles. The Kier molecular flexibility index (Phi) is 4.70. The van der Waals surface area contributed by atoms with Gasteiger partial charge in [-0.3, -0.25) is 9.48 Å². The van der Waals surface area contributed by atoms with Crippen LogP contribution in [0, 0.1) is 13.8 Å². The first kappa shape index (κ1) is 17.0. The van der Waals surface area contributed by atoms with Crippen molar-refractivity contribution in [1.82, 2.24) is 20.3 Å². The second-order valence-electron chi connectivity index (χ2n) is 6.14. The van der Waals surface area contributed by atoms with Crippen molar-refractivity contribution in [3.05, 3.63) is 59.0 Å². The van der Waals surface area contributed by atoms with Gasteiger partial charge in [0, 0.05) is 29.4 Å². The maximum absolute atomic E-state index is 12.5. The predicted octanol–water partition coefficient (Wildman–Crippen LogP) is 3.67. The van der Waals surface area contributed by atoms with E-state index in [1.54, 1.807) is 12.3 Å². The monoisotopic (exact) mass is 338 g/mol. The molecule has 130 valence electrons. The van der Waals surface area contributed by atoms with Gasteiger partial charge in [-0.15, -0.1) is 0 Å². The van der Waals surface area contributed by atoms with Crippen molar-refractivity contribution in [2.75, 3.05) is 0 Å². The molecule has 0 radical (unpaired) electrons. The summed E-state index contributed by atoms with van der Waals surface area (Å²) in [5.41, 5.74) is 4.37. The molecule has 25 heavy (non-hydrogen) atoms. The highest BCUT2D eigenvalue weighted by Gasteiger charge is 2.19. The summed E-state index contributed by atoms with van der Waals surface area (Å²) < 4.78 is 7.22. The normalized spacial score (nSPS) is 12.2. The Morgan fingerprint density at radius 3 is 2.64 bits per heavy atom. The van der Waals surface area contributed by atoms with Crippen molar-refractivity contribution in [3.8, 4) is 11.3 Å². The first-order valence-electron chi connectivity index (χ1n) is 8.36. The van der Waals surface area contributed by atoms with E-state index >= 15 is 0 Å². The molecule has 0 saturated heterocycles. The fourth-order valence-corrected chi connectivity index (χ4v) is 2.79. The zero-order chi connectivity index (χ0) is 18.0. The third-order valence-electron chi connectivity index (χ3n) is 4.33. The first-order valence-corrected chi connectivity index (χ1v) is 8.36. The second-order valence-corrected chi connectivity index (χ2v) is 6.14. The quantitative estimate of drug-likeness (QED) is 0.770. The van der Waals surface area contributed by atoms with Crippen molar-refractivity contribution in [3.63, 3.8) is 0 Å². The molecule has 0 aliphatic heterocycles. The molecule has 3 rings (SSSR count). The van der Waals surface area contributed by atoms with E-state index in [4.69, 9.17) is 4.52 Å². The van der Waals surface area contributed by atoms with Gasteiger partial charge in [0.15, 0.2) is 11.5 Å². The van der Waals surface area contributed by atoms with Gasteiger partial charge in [0.2, 0.25) is 0 Å². The highest BCUT2D eigenvalue weighted by molar-refractivity contribution is 5.93. The van der Waals surface area contributed by atoms with E-state index in [0.717, 1.165) is 28.9 Å². The lowest BCUT2D eigenvalue weighted by Crippen LogP contribution is -2.27. The van der Waals surface area contributed by atoms with Gasteiger partial charge >= 0.3 is 0 Å². The van der Waals surface area contributed by atoms with Crippen molar-refractivity contribution < 1.29 is 9.32 Å². The van der Waals surface area contributed by atoms with Crippen LogP contribution >= 0.6 is 0 Å². The summed E-state index contributed by atoms with van der Waals surface area (Å²) in [5, 5.41) is 11.2. The molecular weight excluding hydrogens is 316 g/mol. The average Bonchev–Trinajstić information content (AvgIpc) is 3.22. The molecule has 0 unspecified atom stereocenters. The molecule has 6 heteroatoms. The molecule has 1 N–H and O–H groups in total. The van der Waals surface area contributed by atoms with E-state index in [1.165, 1.54) is 0 Å². The minimum atomic E-state index is -0.265. The van der Waals surface area contributed by atoms with E-state index in [0.29, 0.717) is 5.76 Å². The molecule has 3 aromatic rings. The van der Waals surface area contributed by atoms with E-state index in [-0.39, 0.29) is 17.6 Å². The number of hydrogen-bond donors (Lipinski definition) is 1. The van der Waals surface area contributed by atoms with Gasteiger partial charge in [0.1, 0.15) is 0 Å². The Morgan fingerprint density at radius 2 is 2.00 bits per heavy atom. The summed E-state index contributed by atoms with van der Waals surface area (Å²) in [4.78, 5) is 12.5. The van der Waals surface area contributed by atoms with Gasteiger partial charge < -0.3 is 9.84 Å². The molecular formula is C19H22N4O2. The molecule has 1 aromatic carbocycles. The zero-order valence-electron chi connectivity index (χ0n) is 14.9. The second kappa shape index (κ2) is 6.93. The number of aromatic nitrogens is 3. The summed E-state index contributed by atoms with van der Waals surface area (Å²) >= 11 is 0. The lowest BCUT2D eigenvalue weighted by atomic mass is 10.1. The number of carbonyl (C=O) groups excluding carboxylic acids is 1. The number of benzene rings is 1. The lowest BCUT2D eigenvalue weighted by molar-refractivity contribution is 0.0930. The standard InChI is InChI=1S/C19H22N4O2/c1-5-23-14(4)16(11-20-23)13(3)21-19(24)17-10-18(25-22-17)15-8-6-12(2)7-9-15/h6-11,13H,5H2,1-4H3,(H,21,24)/t13-/m0/s1. The smallest absolute Gasteiger partial charge is 0.273 e. The number of hydrogen-bond acceptors (Lipinski definition) is 4. The molecule has 0 aliphatic rings. The molecule has 1 atom stereocenters. The predicted molar refractivity (Wildman–Crippen MR) is 95.2 cm³/mol. The summed E-state index contributed by atoms with van der Waals surface area (Å²) in [5.74, 6) is 0.311. The van der Waals surface area contributed by atoms with E-state index in [1.807, 2.05) is 56.6 Å². The summed E-state index contributed by atoms with van der Waals surface area (Å²) in [6.45, 7) is 8.79. The van der Waals surface area contributed by atoms with E-state index < -0.39 is 0 Å². The Morgan fingerprint density at radius 1 is 1.28 bits per heavy atom. The Labute approximate surface area is 146 Å². The topological polar surface area (TPSA) is 73.0 Å². The average molecular weight is 338 g/mol. The minimum absolute atomic E-state index is 0.160. The molecule has 0 spiro atoms. The summed E-state index contributed by atoms with van der Waals surface area (Å²) in [6, 6.07) is 9.38. The number of nitrogens with zero attached hydrogens (tertiary/aromatic N) is 3. The van der Waals surface area contributed by atoms with Crippen LogP contribution in [0.15, 0.2) is 41.1 Å². The fourth-order valence-electron chi connectivity index (χ4n) is 2.79. The molecule has 2 heterocycles. The number of aryl methyl sites for hydroxylation is 2. The Balaban J connectivity index is 1.73. The van der Waals surface area contributed by atoms with E-state index in [9.17, 15) is 4.79 Å². The van der Waals surface area contributed by atoms with Gasteiger partial charge in [-0.05, 0) is 27.7 Å². The lowest BCUT2D eigenvalue weighted by Gasteiger charge is -2.12. The van der Waals surface area contributed by atoms with Crippen molar-refractivity contribution >= 4 is 5.91 Å². The van der Waals surface area contributed by atoms with Crippen LogP contribution in [-0.2, 0) is 6.54 Å². The van der Waals surface area contributed by atoms with E-state index in [2.05, 4.69) is 15.6 Å². The van der Waals surface area contributed by atoms with Crippen LogP contribution in [0.3, 0.4) is 0 Å². The zero-order valence-corrected chi connectivity index (χ0v) is 14.9. The minimum Gasteiger partial charge on any atom is -0.355 e. The third kappa shape index (κ3) is 3.47. The first-order chi connectivity index (χ1) is 12.0. The van der Waals surface area contributed by atoms with Crippen LogP contribution < -0.4 is 5.32 Å². The van der Waals surface area contributed by atoms with Crippen molar-refractivity contribution in [1.29, 1.82) is 0 Å². The van der Waals surface area contributed by atoms with Gasteiger partial charge in [0.05, 0.1) is 12.2 Å². The maximum atomic E-state index is 12.5. The van der Waals surface area contributed by atoms with Gasteiger partial charge in [-0.1, -0.05) is 35.0 Å². The molecule has 0 fully saturated rings. The molecule has 0 bridgehead atoms. The molecule has 0 saturated carbocycles. The van der Waals surface area contributed by atoms with Gasteiger partial charge in [0.25, 0.3) is 5.91 Å². The van der Waals surface area contributed by atoms with Crippen molar-refractivity contribution in [2.45, 2.75) is 40.3 Å². The van der Waals surface area contributed by atoms with Crippen LogP contribution in [-0.4, -0.2) is 20.8 Å². The van der Waals surface area contributed by atoms with Crippen LogP contribution in [0.1, 0.15) is 47.2 Å². The van der Waals surface area contributed by atoms with Crippen LogP contribution in [0.25, 0.3) is 11.3 Å². The third-order valence-corrected chi connectivity index (χ3v) is 4.33. The number of amides is 1.